The molecule has 4 nitrogen and oxygen atoms in total. The molecule has 1 aromatic rings. The molecule has 0 radical (unpaired) electrons. The Labute approximate surface area is 119 Å². The van der Waals surface area contributed by atoms with Crippen LogP contribution in [-0.2, 0) is 10.3 Å². The van der Waals surface area contributed by atoms with E-state index in [2.05, 4.69) is 0 Å². The quantitative estimate of drug-likeness (QED) is 0.855. The van der Waals surface area contributed by atoms with Crippen LogP contribution in [0.25, 0.3) is 0 Å². The number of likely N-dealkylation sites (tertiary alicyclic amines) is 1. The summed E-state index contributed by atoms with van der Waals surface area (Å²) in [7, 11) is 0. The van der Waals surface area contributed by atoms with Crippen molar-refractivity contribution < 1.29 is 14.7 Å². The van der Waals surface area contributed by atoms with E-state index >= 15 is 0 Å². The number of ketones is 1. The summed E-state index contributed by atoms with van der Waals surface area (Å²) in [5.74, 6) is 0.126. The Bertz CT molecular complexity index is 518. The lowest BCUT2D eigenvalue weighted by molar-refractivity contribution is -0.130. The number of nitrogens with zero attached hydrogens (tertiary/aromatic N) is 1. The van der Waals surface area contributed by atoms with Gasteiger partial charge in [-0.3, -0.25) is 9.69 Å². The van der Waals surface area contributed by atoms with Crippen LogP contribution in [0.3, 0.4) is 0 Å². The number of carboxylic acid groups (broad SMARTS) is 1. The number of hydrogen-bond acceptors (Lipinski definition) is 2. The second-order valence-corrected chi connectivity index (χ2v) is 6.38. The molecule has 2 rings (SSSR count). The SMILES string of the molecule is CC(C)(C)C1(c2ccccc2)CC(=O)CCN1C(=O)O. The highest BCUT2D eigenvalue weighted by molar-refractivity contribution is 5.83. The first-order chi connectivity index (χ1) is 9.29. The van der Waals surface area contributed by atoms with E-state index in [9.17, 15) is 14.7 Å². The predicted octanol–water partition coefficient (Wildman–Crippen LogP) is 3.27. The number of carbonyl (C=O) groups excluding carboxylic acids is 1. The fraction of sp³-hybridized carbons (Fsp3) is 0.500. The first kappa shape index (κ1) is 14.6. The van der Waals surface area contributed by atoms with Gasteiger partial charge in [0.1, 0.15) is 5.78 Å². The van der Waals surface area contributed by atoms with E-state index in [1.54, 1.807) is 0 Å². The summed E-state index contributed by atoms with van der Waals surface area (Å²) < 4.78 is 0. The van der Waals surface area contributed by atoms with Gasteiger partial charge in [0, 0.05) is 19.4 Å². The monoisotopic (exact) mass is 275 g/mol. The van der Waals surface area contributed by atoms with Crippen molar-refractivity contribution in [2.45, 2.75) is 39.2 Å². The fourth-order valence-corrected chi connectivity index (χ4v) is 3.23. The number of rotatable bonds is 1. The minimum atomic E-state index is -0.962. The highest BCUT2D eigenvalue weighted by Gasteiger charge is 2.53. The summed E-state index contributed by atoms with van der Waals surface area (Å²) >= 11 is 0. The Kier molecular flexibility index (Phi) is 3.59. The van der Waals surface area contributed by atoms with Gasteiger partial charge in [-0.2, -0.15) is 0 Å². The smallest absolute Gasteiger partial charge is 0.408 e. The fourth-order valence-electron chi connectivity index (χ4n) is 3.23. The molecule has 1 amide bonds. The van der Waals surface area contributed by atoms with E-state index in [0.29, 0.717) is 6.42 Å². The maximum atomic E-state index is 12.0. The summed E-state index contributed by atoms with van der Waals surface area (Å²) in [6.45, 7) is 6.25. The van der Waals surface area contributed by atoms with Gasteiger partial charge in [-0.1, -0.05) is 51.1 Å². The van der Waals surface area contributed by atoms with E-state index < -0.39 is 11.6 Å². The van der Waals surface area contributed by atoms with Gasteiger partial charge in [-0.25, -0.2) is 4.79 Å². The topological polar surface area (TPSA) is 57.6 Å². The van der Waals surface area contributed by atoms with E-state index in [1.165, 1.54) is 4.90 Å². The zero-order chi connectivity index (χ0) is 15.0. The average molecular weight is 275 g/mol. The molecule has 1 aliphatic heterocycles. The normalized spacial score (nSPS) is 23.8. The first-order valence-electron chi connectivity index (χ1n) is 6.87. The van der Waals surface area contributed by atoms with Gasteiger partial charge in [-0.15, -0.1) is 0 Å². The van der Waals surface area contributed by atoms with Crippen molar-refractivity contribution in [3.8, 4) is 0 Å². The lowest BCUT2D eigenvalue weighted by atomic mass is 9.64. The van der Waals surface area contributed by atoms with Crippen molar-refractivity contribution in [1.29, 1.82) is 0 Å². The molecule has 108 valence electrons. The minimum Gasteiger partial charge on any atom is -0.465 e. The molecule has 1 unspecified atom stereocenters. The van der Waals surface area contributed by atoms with Crippen LogP contribution in [0, 0.1) is 5.41 Å². The molecule has 1 atom stereocenters. The summed E-state index contributed by atoms with van der Waals surface area (Å²) in [6, 6.07) is 9.51. The molecule has 0 saturated carbocycles. The number of benzene rings is 1. The van der Waals surface area contributed by atoms with Gasteiger partial charge < -0.3 is 5.11 Å². The zero-order valence-corrected chi connectivity index (χ0v) is 12.2. The Morgan fingerprint density at radius 1 is 1.25 bits per heavy atom. The molecule has 1 fully saturated rings. The summed E-state index contributed by atoms with van der Waals surface area (Å²) in [4.78, 5) is 25.2. The lowest BCUT2D eigenvalue weighted by Crippen LogP contribution is -2.60. The number of hydrogen-bond donors (Lipinski definition) is 1. The molecule has 0 aromatic heterocycles. The van der Waals surface area contributed by atoms with E-state index in [4.69, 9.17) is 0 Å². The number of Topliss-reactive ketones (excluding diaryl/α,β-unsaturated/α-hetero) is 1. The molecular formula is C16H21NO3. The molecular weight excluding hydrogens is 254 g/mol. The van der Waals surface area contributed by atoms with Crippen LogP contribution >= 0.6 is 0 Å². The molecule has 1 aliphatic rings. The van der Waals surface area contributed by atoms with E-state index in [1.807, 2.05) is 51.1 Å². The van der Waals surface area contributed by atoms with Gasteiger partial charge in [0.2, 0.25) is 0 Å². The van der Waals surface area contributed by atoms with Crippen molar-refractivity contribution in [2.24, 2.45) is 5.41 Å². The third kappa shape index (κ3) is 2.19. The second-order valence-electron chi connectivity index (χ2n) is 6.38. The maximum absolute atomic E-state index is 12.0. The zero-order valence-electron chi connectivity index (χ0n) is 12.2. The highest BCUT2D eigenvalue weighted by Crippen LogP contribution is 2.49. The largest absolute Gasteiger partial charge is 0.465 e. The van der Waals surface area contributed by atoms with Crippen molar-refractivity contribution in [1.82, 2.24) is 4.90 Å². The third-order valence-corrected chi connectivity index (χ3v) is 4.25. The predicted molar refractivity (Wildman–Crippen MR) is 76.5 cm³/mol. The van der Waals surface area contributed by atoms with Crippen molar-refractivity contribution in [2.75, 3.05) is 6.54 Å². The van der Waals surface area contributed by atoms with Crippen LogP contribution in [0.15, 0.2) is 30.3 Å². The van der Waals surface area contributed by atoms with Crippen LogP contribution in [0.4, 0.5) is 4.79 Å². The molecule has 20 heavy (non-hydrogen) atoms. The maximum Gasteiger partial charge on any atom is 0.408 e. The Morgan fingerprint density at radius 2 is 1.85 bits per heavy atom. The summed E-state index contributed by atoms with van der Waals surface area (Å²) in [5, 5.41) is 9.60. The summed E-state index contributed by atoms with van der Waals surface area (Å²) in [5.41, 5.74) is -0.277. The van der Waals surface area contributed by atoms with Gasteiger partial charge >= 0.3 is 6.09 Å². The average Bonchev–Trinajstić information content (AvgIpc) is 2.37. The van der Waals surface area contributed by atoms with Gasteiger partial charge in [0.05, 0.1) is 5.54 Å². The first-order valence-corrected chi connectivity index (χ1v) is 6.87. The number of carbonyl (C=O) groups is 2. The van der Waals surface area contributed by atoms with Crippen LogP contribution in [0.1, 0.15) is 39.2 Å². The second kappa shape index (κ2) is 4.93. The molecule has 0 aliphatic carbocycles. The molecule has 4 heteroatoms. The van der Waals surface area contributed by atoms with Crippen LogP contribution < -0.4 is 0 Å². The van der Waals surface area contributed by atoms with Gasteiger partial charge in [-0.05, 0) is 11.0 Å². The van der Waals surface area contributed by atoms with Crippen molar-refractivity contribution >= 4 is 11.9 Å². The Morgan fingerprint density at radius 3 is 2.35 bits per heavy atom. The summed E-state index contributed by atoms with van der Waals surface area (Å²) in [6.07, 6.45) is -0.416. The van der Waals surface area contributed by atoms with Gasteiger partial charge in [0.25, 0.3) is 0 Å². The molecule has 1 heterocycles. The third-order valence-electron chi connectivity index (χ3n) is 4.25. The number of amides is 1. The molecule has 0 spiro atoms. The van der Waals surface area contributed by atoms with E-state index in [-0.39, 0.29) is 24.2 Å². The molecule has 1 aromatic carbocycles. The molecule has 1 saturated heterocycles. The van der Waals surface area contributed by atoms with Crippen LogP contribution in [-0.4, -0.2) is 28.4 Å². The Balaban J connectivity index is 2.66. The molecule has 1 N–H and O–H groups in total. The lowest BCUT2D eigenvalue weighted by Gasteiger charge is -2.53. The van der Waals surface area contributed by atoms with Crippen LogP contribution in [0.2, 0.25) is 0 Å². The van der Waals surface area contributed by atoms with Gasteiger partial charge in [0.15, 0.2) is 0 Å². The van der Waals surface area contributed by atoms with Crippen LogP contribution in [0.5, 0.6) is 0 Å². The highest BCUT2D eigenvalue weighted by atomic mass is 16.4. The standard InChI is InChI=1S/C16H21NO3/c1-15(2,3)16(12-7-5-4-6-8-12)11-13(18)9-10-17(16)14(19)20/h4-8H,9-11H2,1-3H3,(H,19,20). The number of piperidine rings is 1. The van der Waals surface area contributed by atoms with E-state index in [0.717, 1.165) is 5.56 Å². The minimum absolute atomic E-state index is 0.126. The van der Waals surface area contributed by atoms with Crippen molar-refractivity contribution in [3.63, 3.8) is 0 Å². The molecule has 0 bridgehead atoms. The Hall–Kier alpha value is -1.84. The van der Waals surface area contributed by atoms with Crippen molar-refractivity contribution in [3.05, 3.63) is 35.9 Å².